The lowest BCUT2D eigenvalue weighted by Gasteiger charge is -2.09. The second-order valence-corrected chi connectivity index (χ2v) is 7.28. The minimum absolute atomic E-state index is 0.0375. The number of H-pyrrole nitrogens is 1. The van der Waals surface area contributed by atoms with Gasteiger partial charge in [0.1, 0.15) is 18.2 Å². The summed E-state index contributed by atoms with van der Waals surface area (Å²) >= 11 is 1.53. The summed E-state index contributed by atoms with van der Waals surface area (Å²) in [6, 6.07) is 14.0. The molecule has 4 rings (SSSR count). The Morgan fingerprint density at radius 1 is 1.10 bits per heavy atom. The molecule has 0 aliphatic heterocycles. The van der Waals surface area contributed by atoms with Gasteiger partial charge in [0, 0.05) is 22.2 Å². The Hall–Kier alpha value is -3.86. The number of alkyl halides is 1. The van der Waals surface area contributed by atoms with Gasteiger partial charge in [0.25, 0.3) is 0 Å². The number of benzene rings is 2. The molecule has 4 aromatic rings. The van der Waals surface area contributed by atoms with Crippen LogP contribution in [0.2, 0.25) is 0 Å². The number of nitrogens with zero attached hydrogens (tertiary/aromatic N) is 4. The van der Waals surface area contributed by atoms with Gasteiger partial charge in [0.15, 0.2) is 5.82 Å². The molecule has 0 bridgehead atoms. The number of ether oxygens (including phenoxy) is 1. The zero-order valence-corrected chi connectivity index (χ0v) is 17.3. The van der Waals surface area contributed by atoms with Gasteiger partial charge in [-0.1, -0.05) is 12.1 Å². The molecule has 0 radical (unpaired) electrons. The smallest absolute Gasteiger partial charge is 0.226 e. The number of aromatic nitrogens is 5. The Kier molecular flexibility index (Phi) is 5.85. The predicted molar refractivity (Wildman–Crippen MR) is 119 cm³/mol. The van der Waals surface area contributed by atoms with Crippen LogP contribution in [-0.4, -0.2) is 31.4 Å². The van der Waals surface area contributed by atoms with Gasteiger partial charge in [0.05, 0.1) is 0 Å². The number of nitrogens with two attached hydrogens (primary N) is 2. The maximum atomic E-state index is 12.9. The van der Waals surface area contributed by atoms with E-state index in [1.165, 1.54) is 17.8 Å². The van der Waals surface area contributed by atoms with E-state index in [1.807, 2.05) is 24.5 Å². The molecule has 158 valence electrons. The normalized spacial score (nSPS) is 10.8. The highest BCUT2D eigenvalue weighted by Gasteiger charge is 2.13. The van der Waals surface area contributed by atoms with E-state index >= 15 is 0 Å². The first-order chi connectivity index (χ1) is 15.0. The number of anilines is 4. The highest BCUT2D eigenvalue weighted by atomic mass is 32.2. The lowest BCUT2D eigenvalue weighted by atomic mass is 10.2. The molecule has 0 saturated heterocycles. The Bertz CT molecular complexity index is 1200. The molecule has 31 heavy (non-hydrogen) atoms. The van der Waals surface area contributed by atoms with Gasteiger partial charge in [-0.2, -0.15) is 9.97 Å². The van der Waals surface area contributed by atoms with Gasteiger partial charge in [-0.15, -0.1) is 22.0 Å². The van der Waals surface area contributed by atoms with Gasteiger partial charge in [0.2, 0.25) is 17.8 Å². The second kappa shape index (κ2) is 8.88. The molecule has 0 aliphatic rings. The fraction of sp³-hybridized carbons (Fsp3) is 0.100. The molecule has 0 unspecified atom stereocenters. The maximum Gasteiger partial charge on any atom is 0.226 e. The predicted octanol–water partition coefficient (Wildman–Crippen LogP) is 4.15. The molecule has 0 saturated carbocycles. The largest absolute Gasteiger partial charge is 0.439 e. The molecular formula is C20H19FN8OS. The number of hydrogen-bond acceptors (Lipinski definition) is 9. The molecular weight excluding hydrogens is 419 g/mol. The molecule has 2 aromatic heterocycles. The van der Waals surface area contributed by atoms with Crippen molar-refractivity contribution < 1.29 is 9.13 Å². The topological polar surface area (TPSA) is 141 Å². The number of rotatable bonds is 7. The van der Waals surface area contributed by atoms with E-state index < -0.39 is 6.67 Å². The van der Waals surface area contributed by atoms with Crippen molar-refractivity contribution in [1.82, 2.24) is 25.1 Å². The number of aromatic amines is 1. The van der Waals surface area contributed by atoms with Crippen LogP contribution in [0, 0.1) is 0 Å². The van der Waals surface area contributed by atoms with Gasteiger partial charge in [-0.3, -0.25) is 0 Å². The van der Waals surface area contributed by atoms with Crippen LogP contribution < -0.4 is 21.5 Å². The molecule has 0 aliphatic carbocycles. The molecule has 2 aromatic carbocycles. The Labute approximate surface area is 181 Å². The summed E-state index contributed by atoms with van der Waals surface area (Å²) in [6.07, 6.45) is 1.95. The molecule has 11 heteroatoms. The third-order valence-corrected chi connectivity index (χ3v) is 5.00. The summed E-state index contributed by atoms with van der Waals surface area (Å²) < 4.78 is 18.6. The summed E-state index contributed by atoms with van der Waals surface area (Å²) in [7, 11) is 0. The summed E-state index contributed by atoms with van der Waals surface area (Å²) in [5.74, 6) is 2.11. The molecule has 0 fully saturated rings. The van der Waals surface area contributed by atoms with Crippen LogP contribution in [0.25, 0.3) is 11.4 Å². The molecule has 0 amide bonds. The van der Waals surface area contributed by atoms with Crippen molar-refractivity contribution in [2.24, 2.45) is 0 Å². The lowest BCUT2D eigenvalue weighted by Crippen LogP contribution is -2.00. The maximum absolute atomic E-state index is 12.9. The molecule has 2 heterocycles. The van der Waals surface area contributed by atoms with Gasteiger partial charge >= 0.3 is 0 Å². The van der Waals surface area contributed by atoms with E-state index in [9.17, 15) is 4.39 Å². The van der Waals surface area contributed by atoms with Crippen molar-refractivity contribution in [3.8, 4) is 23.0 Å². The van der Waals surface area contributed by atoms with Gasteiger partial charge < -0.3 is 26.5 Å². The van der Waals surface area contributed by atoms with Gasteiger partial charge in [-0.05, 0) is 42.2 Å². The highest BCUT2D eigenvalue weighted by Crippen LogP contribution is 2.33. The van der Waals surface area contributed by atoms with E-state index in [1.54, 1.807) is 24.3 Å². The number of nitrogen functional groups attached to an aromatic ring is 2. The number of nitrogens with one attached hydrogen (secondary N) is 2. The number of halogens is 1. The van der Waals surface area contributed by atoms with E-state index in [0.717, 1.165) is 16.1 Å². The van der Waals surface area contributed by atoms with Crippen LogP contribution in [0.3, 0.4) is 0 Å². The summed E-state index contributed by atoms with van der Waals surface area (Å²) in [6.45, 7) is -0.531. The number of hydrogen-bond donors (Lipinski definition) is 4. The van der Waals surface area contributed by atoms with Crippen molar-refractivity contribution in [2.75, 3.05) is 23.0 Å². The van der Waals surface area contributed by atoms with Crippen molar-refractivity contribution in [3.05, 3.63) is 54.1 Å². The van der Waals surface area contributed by atoms with Crippen molar-refractivity contribution in [1.29, 1.82) is 0 Å². The quantitative estimate of drug-likeness (QED) is 0.313. The number of thioether (sulfide) groups is 1. The zero-order valence-electron chi connectivity index (χ0n) is 16.5. The van der Waals surface area contributed by atoms with E-state index in [4.69, 9.17) is 16.2 Å². The first-order valence-corrected chi connectivity index (χ1v) is 10.4. The van der Waals surface area contributed by atoms with Crippen molar-refractivity contribution >= 4 is 35.2 Å². The van der Waals surface area contributed by atoms with Crippen LogP contribution in [-0.2, 0) is 6.67 Å². The molecule has 0 atom stereocenters. The second-order valence-electron chi connectivity index (χ2n) is 6.43. The SMILES string of the molecule is CSc1cc(Oc2cc(N)nc(N)n2)ccc1-c1nnc(Nc2cccc(CF)c2)[nH]1. The standard InChI is InChI=1S/C20H19FN8OS/c1-31-15-8-13(30-17-9-16(22)25-19(23)26-17)5-6-14(15)18-27-20(29-28-18)24-12-4-2-3-11(7-12)10-21/h2-9H,10H2,1H3,(H4,22,23,25,26)(H2,24,27,28,29). The lowest BCUT2D eigenvalue weighted by molar-refractivity contribution is 0.462. The first kappa shape index (κ1) is 20.4. The minimum atomic E-state index is -0.531. The van der Waals surface area contributed by atoms with Crippen molar-refractivity contribution in [2.45, 2.75) is 11.6 Å². The van der Waals surface area contributed by atoms with Crippen LogP contribution >= 0.6 is 11.8 Å². The third-order valence-electron chi connectivity index (χ3n) is 4.22. The molecule has 0 spiro atoms. The van der Waals surface area contributed by atoms with Crippen molar-refractivity contribution in [3.63, 3.8) is 0 Å². The van der Waals surface area contributed by atoms with Crippen LogP contribution in [0.1, 0.15) is 5.56 Å². The van der Waals surface area contributed by atoms with Gasteiger partial charge in [-0.25, -0.2) is 4.39 Å². The Morgan fingerprint density at radius 3 is 2.74 bits per heavy atom. The zero-order chi connectivity index (χ0) is 21.8. The van der Waals surface area contributed by atoms with Crippen LogP contribution in [0.5, 0.6) is 11.6 Å². The monoisotopic (exact) mass is 438 g/mol. The summed E-state index contributed by atoms with van der Waals surface area (Å²) in [4.78, 5) is 11.9. The van der Waals surface area contributed by atoms with E-state index in [0.29, 0.717) is 23.1 Å². The molecule has 6 N–H and O–H groups in total. The summed E-state index contributed by atoms with van der Waals surface area (Å²) in [5.41, 5.74) is 13.4. The molecule has 9 nitrogen and oxygen atoms in total. The fourth-order valence-electron chi connectivity index (χ4n) is 2.87. The fourth-order valence-corrected chi connectivity index (χ4v) is 3.49. The Balaban J connectivity index is 1.55. The Morgan fingerprint density at radius 2 is 1.97 bits per heavy atom. The average Bonchev–Trinajstić information content (AvgIpc) is 3.21. The van der Waals surface area contributed by atoms with E-state index in [2.05, 4.69) is 30.5 Å². The minimum Gasteiger partial charge on any atom is -0.439 e. The average molecular weight is 438 g/mol. The van der Waals surface area contributed by atoms with Crippen LogP contribution in [0.4, 0.5) is 27.8 Å². The first-order valence-electron chi connectivity index (χ1n) is 9.15. The summed E-state index contributed by atoms with van der Waals surface area (Å²) in [5, 5.41) is 11.4. The van der Waals surface area contributed by atoms with Crippen LogP contribution in [0.15, 0.2) is 53.4 Å². The van der Waals surface area contributed by atoms with E-state index in [-0.39, 0.29) is 17.6 Å². The third kappa shape index (κ3) is 4.83. The highest BCUT2D eigenvalue weighted by molar-refractivity contribution is 7.98.